The fourth-order valence-electron chi connectivity index (χ4n) is 7.02. The second-order valence-corrected chi connectivity index (χ2v) is 14.2. The smallest absolute Gasteiger partial charge is 0.418 e. The second kappa shape index (κ2) is 13.3. The van der Waals surface area contributed by atoms with Gasteiger partial charge in [0.1, 0.15) is 19.0 Å². The number of alkyl halides is 3. The fourth-order valence-corrected chi connectivity index (χ4v) is 8.74. The number of carbonyl (C=O) groups excluding carboxylic acids is 2. The van der Waals surface area contributed by atoms with Crippen LogP contribution >= 0.6 is 23.5 Å². The van der Waals surface area contributed by atoms with Gasteiger partial charge in [0.25, 0.3) is 0 Å². The highest BCUT2D eigenvalue weighted by atomic mass is 32.2. The van der Waals surface area contributed by atoms with Crippen molar-refractivity contribution in [1.29, 1.82) is 0 Å². The highest BCUT2D eigenvalue weighted by molar-refractivity contribution is 8.13. The van der Waals surface area contributed by atoms with Crippen LogP contribution < -0.4 is 0 Å². The average molecular weight is 733 g/mol. The zero-order valence-electron chi connectivity index (χ0n) is 27.4. The number of hydrogen-bond donors (Lipinski definition) is 1. The number of aromatic hydroxyl groups is 1. The van der Waals surface area contributed by atoms with Gasteiger partial charge < -0.3 is 14.6 Å². The monoisotopic (exact) mass is 732 g/mol. The lowest BCUT2D eigenvalue weighted by Crippen LogP contribution is -2.12. The molecule has 0 saturated carbocycles. The van der Waals surface area contributed by atoms with Gasteiger partial charge in [-0.3, -0.25) is 0 Å². The Hall–Kier alpha value is -5.45. The van der Waals surface area contributed by atoms with Crippen LogP contribution in [0.5, 0.6) is 5.75 Å². The molecule has 8 aromatic carbocycles. The van der Waals surface area contributed by atoms with E-state index in [4.69, 9.17) is 9.47 Å². The summed E-state index contributed by atoms with van der Waals surface area (Å²) in [7, 11) is 0. The standard InChI is InChI=1S/C42H27F3O5S2/c1-23-33-35-31(36(42(43,44)45)38(23)51-40(47)49-21-27-14-6-11-24-9-2-4-16-29(24)27)20-19-26-13-8-18-32(34(26)35)37(46)39(33)52-41(48)50-22-28-15-7-12-25-10-3-5-17-30(25)28/h2-20,46H,21-22H2,1H3. The van der Waals surface area contributed by atoms with Crippen molar-refractivity contribution in [3.8, 4) is 5.75 Å². The van der Waals surface area contributed by atoms with E-state index in [1.807, 2.05) is 78.9 Å². The number of ether oxygens (including phenoxy) is 2. The van der Waals surface area contributed by atoms with Gasteiger partial charge in [0.2, 0.25) is 0 Å². The minimum Gasteiger partial charge on any atom is -0.506 e. The van der Waals surface area contributed by atoms with Crippen molar-refractivity contribution in [3.05, 3.63) is 138 Å². The SMILES string of the molecule is Cc1c(SC(=O)OCc2cccc3ccccc23)c(C(F)(F)F)c2ccc3cccc4c(O)c(SC(=O)OCc5cccc6ccccc56)c1c2c34. The lowest BCUT2D eigenvalue weighted by atomic mass is 9.88. The molecule has 1 N–H and O–H groups in total. The van der Waals surface area contributed by atoms with Crippen molar-refractivity contribution < 1.29 is 37.3 Å². The summed E-state index contributed by atoms with van der Waals surface area (Å²) in [6, 6.07) is 34.4. The molecule has 52 heavy (non-hydrogen) atoms. The molecule has 0 spiro atoms. The van der Waals surface area contributed by atoms with Gasteiger partial charge in [-0.25, -0.2) is 9.59 Å². The Morgan fingerprint density at radius 3 is 1.67 bits per heavy atom. The van der Waals surface area contributed by atoms with Crippen LogP contribution in [-0.2, 0) is 28.9 Å². The predicted molar refractivity (Wildman–Crippen MR) is 202 cm³/mol. The van der Waals surface area contributed by atoms with E-state index < -0.39 is 22.3 Å². The molecule has 0 saturated heterocycles. The van der Waals surface area contributed by atoms with Gasteiger partial charge in [0.05, 0.1) is 10.5 Å². The van der Waals surface area contributed by atoms with Crippen LogP contribution in [0.15, 0.2) is 125 Å². The molecule has 0 aliphatic carbocycles. The van der Waals surface area contributed by atoms with Crippen molar-refractivity contribution >= 4 is 88.0 Å². The summed E-state index contributed by atoms with van der Waals surface area (Å²) < 4.78 is 56.6. The zero-order chi connectivity index (χ0) is 36.1. The van der Waals surface area contributed by atoms with Crippen LogP contribution in [0.1, 0.15) is 22.3 Å². The molecule has 10 heteroatoms. The van der Waals surface area contributed by atoms with E-state index in [-0.39, 0.29) is 50.5 Å². The molecule has 5 nitrogen and oxygen atoms in total. The molecule has 0 amide bonds. The topological polar surface area (TPSA) is 72.8 Å². The number of hydrogen-bond acceptors (Lipinski definition) is 7. The van der Waals surface area contributed by atoms with Crippen LogP contribution in [0.3, 0.4) is 0 Å². The van der Waals surface area contributed by atoms with E-state index in [0.717, 1.165) is 27.1 Å². The maximum absolute atomic E-state index is 15.1. The van der Waals surface area contributed by atoms with E-state index in [1.165, 1.54) is 13.0 Å². The van der Waals surface area contributed by atoms with Crippen molar-refractivity contribution in [3.63, 3.8) is 0 Å². The normalized spacial score (nSPS) is 12.0. The Morgan fingerprint density at radius 2 is 1.08 bits per heavy atom. The van der Waals surface area contributed by atoms with Gasteiger partial charge in [-0.05, 0) is 84.8 Å². The molecule has 0 aliphatic rings. The molecule has 0 fully saturated rings. The third-order valence-electron chi connectivity index (χ3n) is 9.31. The highest BCUT2D eigenvalue weighted by Gasteiger charge is 2.39. The quantitative estimate of drug-likeness (QED) is 0.104. The Balaban J connectivity index is 1.21. The Kier molecular flexibility index (Phi) is 8.59. The molecule has 0 atom stereocenters. The number of aryl methyl sites for hydroxylation is 1. The summed E-state index contributed by atoms with van der Waals surface area (Å²) in [5, 5.41) is 15.3. The molecule has 258 valence electrons. The second-order valence-electron chi connectivity index (χ2n) is 12.3. The number of carbonyl (C=O) groups is 2. The molecule has 0 aliphatic heterocycles. The van der Waals surface area contributed by atoms with Crippen LogP contribution in [0.25, 0.3) is 53.9 Å². The Morgan fingerprint density at radius 1 is 0.577 bits per heavy atom. The molecule has 0 radical (unpaired) electrons. The predicted octanol–water partition coefficient (Wildman–Crippen LogP) is 12.8. The number of halogens is 3. The van der Waals surface area contributed by atoms with E-state index in [0.29, 0.717) is 45.2 Å². The molecule has 8 aromatic rings. The molecule has 0 bridgehead atoms. The number of phenolic OH excluding ortho intramolecular Hbond substituents is 1. The maximum atomic E-state index is 15.1. The summed E-state index contributed by atoms with van der Waals surface area (Å²) in [5.41, 5.74) is 0.570. The molecular formula is C42H27F3O5S2. The first-order chi connectivity index (χ1) is 25.1. The van der Waals surface area contributed by atoms with Crippen molar-refractivity contribution in [2.75, 3.05) is 0 Å². The Bertz CT molecular complexity index is 2700. The van der Waals surface area contributed by atoms with Gasteiger partial charge in [0, 0.05) is 21.1 Å². The van der Waals surface area contributed by atoms with E-state index in [2.05, 4.69) is 0 Å². The molecular weight excluding hydrogens is 706 g/mol. The highest BCUT2D eigenvalue weighted by Crippen LogP contribution is 2.53. The largest absolute Gasteiger partial charge is 0.506 e. The van der Waals surface area contributed by atoms with Gasteiger partial charge >= 0.3 is 16.8 Å². The number of rotatable bonds is 6. The fraction of sp³-hybridized carbons (Fsp3) is 0.0952. The minimum atomic E-state index is -4.86. The zero-order valence-corrected chi connectivity index (χ0v) is 29.0. The first kappa shape index (κ1) is 33.7. The third kappa shape index (κ3) is 5.91. The van der Waals surface area contributed by atoms with Crippen molar-refractivity contribution in [1.82, 2.24) is 0 Å². The van der Waals surface area contributed by atoms with Gasteiger partial charge in [-0.2, -0.15) is 13.2 Å². The van der Waals surface area contributed by atoms with Gasteiger partial charge in [-0.15, -0.1) is 0 Å². The van der Waals surface area contributed by atoms with Gasteiger partial charge in [0.15, 0.2) is 0 Å². The third-order valence-corrected chi connectivity index (χ3v) is 11.2. The van der Waals surface area contributed by atoms with E-state index in [1.54, 1.807) is 30.3 Å². The summed E-state index contributed by atoms with van der Waals surface area (Å²) in [6.07, 6.45) is -4.86. The lowest BCUT2D eigenvalue weighted by Gasteiger charge is -2.23. The number of thioether (sulfide) groups is 2. The van der Waals surface area contributed by atoms with E-state index >= 15 is 13.2 Å². The molecule has 0 aromatic heterocycles. The first-order valence-corrected chi connectivity index (χ1v) is 17.9. The van der Waals surface area contributed by atoms with Crippen LogP contribution in [0, 0.1) is 6.92 Å². The number of phenols is 1. The summed E-state index contributed by atoms with van der Waals surface area (Å²) in [5.74, 6) is -0.268. The lowest BCUT2D eigenvalue weighted by molar-refractivity contribution is -0.138. The average Bonchev–Trinajstić information content (AvgIpc) is 3.14. The van der Waals surface area contributed by atoms with Crippen molar-refractivity contribution in [2.45, 2.75) is 36.1 Å². The molecule has 0 unspecified atom stereocenters. The van der Waals surface area contributed by atoms with Crippen LogP contribution in [0.2, 0.25) is 0 Å². The minimum absolute atomic E-state index is 0.0383. The number of fused-ring (bicyclic) bond motifs is 2. The molecule has 0 heterocycles. The van der Waals surface area contributed by atoms with E-state index in [9.17, 15) is 14.7 Å². The van der Waals surface area contributed by atoms with Crippen molar-refractivity contribution in [2.24, 2.45) is 0 Å². The van der Waals surface area contributed by atoms with Crippen LogP contribution in [-0.4, -0.2) is 15.7 Å². The summed E-state index contributed by atoms with van der Waals surface area (Å²) >= 11 is 0.938. The maximum Gasteiger partial charge on any atom is 0.418 e. The number of benzene rings is 8. The van der Waals surface area contributed by atoms with Crippen LogP contribution in [0.4, 0.5) is 22.8 Å². The first-order valence-electron chi connectivity index (χ1n) is 16.3. The van der Waals surface area contributed by atoms with Gasteiger partial charge in [-0.1, -0.05) is 115 Å². The molecule has 8 rings (SSSR count). The summed E-state index contributed by atoms with van der Waals surface area (Å²) in [6.45, 7) is 1.26. The summed E-state index contributed by atoms with van der Waals surface area (Å²) in [4.78, 5) is 26.5. The Labute approximate surface area is 303 Å².